The van der Waals surface area contributed by atoms with Crippen LogP contribution in [0.25, 0.3) is 67.7 Å². The molecule has 0 atom stereocenters. The Morgan fingerprint density at radius 3 is 1.25 bits per heavy atom. The third-order valence-electron chi connectivity index (χ3n) is 8.23. The van der Waals surface area contributed by atoms with Gasteiger partial charge in [-0.15, -0.1) is 0 Å². The number of rotatable bonds is 6. The Kier molecular flexibility index (Phi) is 7.32. The molecule has 0 aliphatic heterocycles. The molecule has 6 aromatic carbocycles. The van der Waals surface area contributed by atoms with E-state index in [0.29, 0.717) is 39.9 Å². The van der Waals surface area contributed by atoms with E-state index in [1.54, 1.807) is 0 Å². The maximum absolute atomic E-state index is 13.8. The van der Waals surface area contributed by atoms with Crippen molar-refractivity contribution < 1.29 is 0 Å². The second-order valence-corrected chi connectivity index (χ2v) is 11.3. The van der Waals surface area contributed by atoms with Gasteiger partial charge >= 0.3 is 11.1 Å². The van der Waals surface area contributed by atoms with E-state index in [1.807, 2.05) is 164 Å². The Hall–Kier alpha value is -6.73. The van der Waals surface area contributed by atoms with E-state index < -0.39 is 11.1 Å². The molecule has 0 saturated carbocycles. The van der Waals surface area contributed by atoms with Gasteiger partial charge in [-0.3, -0.25) is 18.7 Å². The fraction of sp³-hybridized carbons (Fsp3) is 0. The van der Waals surface area contributed by atoms with Gasteiger partial charge in [-0.05, 0) is 53.6 Å². The van der Waals surface area contributed by atoms with E-state index >= 15 is 0 Å². The number of nitrogens with zero attached hydrogens (tertiary/aromatic N) is 5. The van der Waals surface area contributed by atoms with E-state index in [2.05, 4.69) is 0 Å². The first-order valence-electron chi connectivity index (χ1n) is 15.5. The summed E-state index contributed by atoms with van der Waals surface area (Å²) in [6, 6.07) is 52.1. The van der Waals surface area contributed by atoms with Crippen molar-refractivity contribution in [1.82, 2.24) is 24.1 Å². The van der Waals surface area contributed by atoms with Gasteiger partial charge in [0.2, 0.25) is 0 Å². The summed E-state index contributed by atoms with van der Waals surface area (Å²) in [6.45, 7) is 0. The Morgan fingerprint density at radius 1 is 0.333 bits per heavy atom. The van der Waals surface area contributed by atoms with Crippen LogP contribution in [-0.4, -0.2) is 24.1 Å². The lowest BCUT2D eigenvalue weighted by molar-refractivity contribution is 0.918. The maximum Gasteiger partial charge on any atom is 0.321 e. The highest BCUT2D eigenvalue weighted by atomic mass is 16.2. The van der Waals surface area contributed by atoms with Crippen LogP contribution in [-0.2, 0) is 0 Å². The molecule has 228 valence electrons. The van der Waals surface area contributed by atoms with Crippen molar-refractivity contribution in [3.63, 3.8) is 0 Å². The van der Waals surface area contributed by atoms with Crippen molar-refractivity contribution in [2.75, 3.05) is 0 Å². The molecule has 0 spiro atoms. The lowest BCUT2D eigenvalue weighted by Gasteiger charge is -2.16. The summed E-state index contributed by atoms with van der Waals surface area (Å²) in [5.74, 6) is 1.71. The minimum Gasteiger partial charge on any atom is -0.271 e. The van der Waals surface area contributed by atoms with Crippen LogP contribution in [0.3, 0.4) is 0 Å². The van der Waals surface area contributed by atoms with Gasteiger partial charge in [0.1, 0.15) is 0 Å². The standard InChI is InChI=1S/C41H27N5O2/c47-40-41(48)46(34-22-11-4-12-23-34)36-27-31(24-25-35(36)45(40)33-20-9-3-10-21-33)30-18-13-19-32(26-30)39-43-37(28-14-5-1-6-15-28)42-38(44-39)29-16-7-2-8-17-29/h1-27H. The van der Waals surface area contributed by atoms with Crippen molar-refractivity contribution in [2.45, 2.75) is 0 Å². The molecule has 0 saturated heterocycles. The highest BCUT2D eigenvalue weighted by Gasteiger charge is 2.18. The monoisotopic (exact) mass is 621 g/mol. The average molecular weight is 622 g/mol. The lowest BCUT2D eigenvalue weighted by atomic mass is 10.0. The molecule has 0 aliphatic rings. The zero-order valence-electron chi connectivity index (χ0n) is 25.6. The minimum atomic E-state index is -0.629. The molecule has 0 fully saturated rings. The predicted octanol–water partition coefficient (Wildman–Crippen LogP) is 7.99. The van der Waals surface area contributed by atoms with Gasteiger partial charge in [-0.2, -0.15) is 0 Å². The van der Waals surface area contributed by atoms with Gasteiger partial charge in [0.15, 0.2) is 17.5 Å². The van der Waals surface area contributed by atoms with Gasteiger partial charge in [0.25, 0.3) is 0 Å². The Labute approximate surface area is 275 Å². The van der Waals surface area contributed by atoms with Crippen molar-refractivity contribution in [1.29, 1.82) is 0 Å². The summed E-state index contributed by atoms with van der Waals surface area (Å²) in [7, 11) is 0. The van der Waals surface area contributed by atoms with Crippen LogP contribution in [0.1, 0.15) is 0 Å². The van der Waals surface area contributed by atoms with Gasteiger partial charge < -0.3 is 0 Å². The summed E-state index contributed by atoms with van der Waals surface area (Å²) < 4.78 is 2.98. The SMILES string of the molecule is O=c1c(=O)n(-c2ccccc2)c2cc(-c3cccc(-c4nc(-c5ccccc5)nc(-c5ccccc5)n4)c3)ccc2n1-c1ccccc1. The van der Waals surface area contributed by atoms with Crippen LogP contribution >= 0.6 is 0 Å². The smallest absolute Gasteiger partial charge is 0.271 e. The molecule has 0 radical (unpaired) electrons. The molecule has 7 heteroatoms. The van der Waals surface area contributed by atoms with Crippen molar-refractivity contribution in [3.8, 4) is 56.7 Å². The normalized spacial score (nSPS) is 11.1. The summed E-state index contributed by atoms with van der Waals surface area (Å²) in [5, 5.41) is 0. The first-order chi connectivity index (χ1) is 23.6. The van der Waals surface area contributed by atoms with Gasteiger partial charge in [0.05, 0.1) is 11.0 Å². The number of hydrogen-bond donors (Lipinski definition) is 0. The zero-order valence-corrected chi connectivity index (χ0v) is 25.6. The van der Waals surface area contributed by atoms with E-state index in [1.165, 1.54) is 9.13 Å². The van der Waals surface area contributed by atoms with Crippen LogP contribution in [0.2, 0.25) is 0 Å². The second kappa shape index (κ2) is 12.2. The Bertz CT molecular complexity index is 2470. The number of fused-ring (bicyclic) bond motifs is 1. The van der Waals surface area contributed by atoms with Crippen molar-refractivity contribution in [3.05, 3.63) is 184 Å². The van der Waals surface area contributed by atoms with Crippen molar-refractivity contribution >= 4 is 11.0 Å². The summed E-state index contributed by atoms with van der Waals surface area (Å²) in [4.78, 5) is 42.0. The van der Waals surface area contributed by atoms with Gasteiger partial charge in [-0.25, -0.2) is 15.0 Å². The molecular formula is C41H27N5O2. The second-order valence-electron chi connectivity index (χ2n) is 11.3. The lowest BCUT2D eigenvalue weighted by Crippen LogP contribution is -2.40. The molecule has 0 N–H and O–H groups in total. The molecule has 0 unspecified atom stereocenters. The van der Waals surface area contributed by atoms with Gasteiger partial charge in [0, 0.05) is 28.1 Å². The third kappa shape index (κ3) is 5.29. The number of aromatic nitrogens is 5. The van der Waals surface area contributed by atoms with Crippen LogP contribution in [0.4, 0.5) is 0 Å². The fourth-order valence-electron chi connectivity index (χ4n) is 5.92. The van der Waals surface area contributed by atoms with E-state index in [4.69, 9.17) is 15.0 Å². The molecule has 48 heavy (non-hydrogen) atoms. The Balaban J connectivity index is 1.31. The summed E-state index contributed by atoms with van der Waals surface area (Å²) >= 11 is 0. The molecule has 8 rings (SSSR count). The van der Waals surface area contributed by atoms with Crippen molar-refractivity contribution in [2.24, 2.45) is 0 Å². The molecule has 2 aromatic heterocycles. The van der Waals surface area contributed by atoms with E-state index in [0.717, 1.165) is 27.8 Å². The largest absolute Gasteiger partial charge is 0.321 e. The molecule has 0 bridgehead atoms. The van der Waals surface area contributed by atoms with Crippen LogP contribution in [0, 0.1) is 0 Å². The Morgan fingerprint density at radius 2 is 0.729 bits per heavy atom. The van der Waals surface area contributed by atoms with Crippen LogP contribution in [0.15, 0.2) is 173 Å². The predicted molar refractivity (Wildman–Crippen MR) is 190 cm³/mol. The number of hydrogen-bond acceptors (Lipinski definition) is 5. The van der Waals surface area contributed by atoms with E-state index in [-0.39, 0.29) is 0 Å². The van der Waals surface area contributed by atoms with E-state index in [9.17, 15) is 9.59 Å². The average Bonchev–Trinajstić information content (AvgIpc) is 3.16. The molecule has 7 nitrogen and oxygen atoms in total. The van der Waals surface area contributed by atoms with Crippen LogP contribution in [0.5, 0.6) is 0 Å². The highest BCUT2D eigenvalue weighted by molar-refractivity contribution is 5.85. The summed E-state index contributed by atoms with van der Waals surface area (Å²) in [5.41, 5.74) is 5.59. The fourth-order valence-corrected chi connectivity index (χ4v) is 5.92. The quantitative estimate of drug-likeness (QED) is 0.176. The third-order valence-corrected chi connectivity index (χ3v) is 8.23. The molecule has 0 aliphatic carbocycles. The molecule has 0 amide bonds. The zero-order chi connectivity index (χ0) is 32.5. The molecule has 2 heterocycles. The highest BCUT2D eigenvalue weighted by Crippen LogP contribution is 2.30. The summed E-state index contributed by atoms with van der Waals surface area (Å²) in [6.07, 6.45) is 0. The first kappa shape index (κ1) is 28.7. The number of benzene rings is 6. The first-order valence-corrected chi connectivity index (χ1v) is 15.5. The number of para-hydroxylation sites is 2. The molecular weight excluding hydrogens is 594 g/mol. The molecule has 8 aromatic rings. The minimum absolute atomic E-state index is 0.546. The van der Waals surface area contributed by atoms with Crippen LogP contribution < -0.4 is 11.1 Å². The van der Waals surface area contributed by atoms with Gasteiger partial charge in [-0.1, -0.05) is 121 Å². The topological polar surface area (TPSA) is 82.7 Å². The maximum atomic E-state index is 13.8.